The van der Waals surface area contributed by atoms with E-state index >= 15 is 0 Å². The average molecular weight is 287 g/mol. The number of methoxy groups -OCH3 is 1. The van der Waals surface area contributed by atoms with Crippen LogP contribution in [-0.2, 0) is 14.3 Å². The Bertz CT molecular complexity index is 404. The first-order valence-corrected chi connectivity index (χ1v) is 6.49. The van der Waals surface area contributed by atoms with Crippen molar-refractivity contribution in [2.24, 2.45) is 0 Å². The Hall–Kier alpha value is -1.59. The highest BCUT2D eigenvalue weighted by Crippen LogP contribution is 2.35. The molecular weight excluding hydrogens is 265 g/mol. The number of alkyl halides is 1. The van der Waals surface area contributed by atoms with Crippen LogP contribution in [0.1, 0.15) is 33.6 Å². The van der Waals surface area contributed by atoms with Crippen LogP contribution in [0.4, 0.5) is 9.18 Å². The van der Waals surface area contributed by atoms with E-state index in [1.165, 1.54) is 13.2 Å². The smallest absolute Gasteiger partial charge is 0.411 e. The van der Waals surface area contributed by atoms with Gasteiger partial charge in [-0.3, -0.25) is 4.90 Å². The highest BCUT2D eigenvalue weighted by molar-refractivity contribution is 5.82. The number of halogens is 1. The highest BCUT2D eigenvalue weighted by Gasteiger charge is 2.50. The van der Waals surface area contributed by atoms with Gasteiger partial charge in [0.25, 0.3) is 0 Å². The van der Waals surface area contributed by atoms with Crippen LogP contribution < -0.4 is 0 Å². The van der Waals surface area contributed by atoms with Crippen molar-refractivity contribution in [2.75, 3.05) is 13.7 Å². The van der Waals surface area contributed by atoms with Gasteiger partial charge in [0.2, 0.25) is 0 Å². The molecule has 20 heavy (non-hydrogen) atoms. The number of hydrogen-bond acceptors (Lipinski definition) is 4. The molecule has 0 radical (unpaired) electrons. The lowest BCUT2D eigenvalue weighted by Gasteiger charge is -2.27. The van der Waals surface area contributed by atoms with E-state index in [2.05, 4.69) is 11.3 Å². The number of hydrogen-bond donors (Lipinski definition) is 0. The first kappa shape index (κ1) is 16.5. The summed E-state index contributed by atoms with van der Waals surface area (Å²) in [5.41, 5.74) is -2.38. The number of nitrogens with zero attached hydrogens (tertiary/aromatic N) is 1. The minimum atomic E-state index is -1.67. The fourth-order valence-electron chi connectivity index (χ4n) is 2.20. The molecule has 0 aromatic carbocycles. The molecule has 1 rings (SSSR count). The van der Waals surface area contributed by atoms with Crippen LogP contribution in [0.2, 0.25) is 0 Å². The fraction of sp³-hybridized carbons (Fsp3) is 0.714. The second-order valence-electron chi connectivity index (χ2n) is 6.00. The predicted octanol–water partition coefficient (Wildman–Crippen LogP) is 2.45. The maximum Gasteiger partial charge on any atom is 0.411 e. The molecule has 1 saturated heterocycles. The van der Waals surface area contributed by atoms with Gasteiger partial charge in [-0.2, -0.15) is 0 Å². The molecule has 0 aliphatic carbocycles. The molecular formula is C14H22FNO4. The molecule has 1 heterocycles. The van der Waals surface area contributed by atoms with Crippen molar-refractivity contribution >= 4 is 12.1 Å². The van der Waals surface area contributed by atoms with Crippen molar-refractivity contribution in [3.05, 3.63) is 12.7 Å². The lowest BCUT2D eigenvalue weighted by Crippen LogP contribution is -2.44. The molecule has 6 heteroatoms. The number of ether oxygens (including phenoxy) is 2. The molecule has 0 spiro atoms. The molecule has 114 valence electrons. The van der Waals surface area contributed by atoms with Crippen molar-refractivity contribution in [3.8, 4) is 0 Å². The van der Waals surface area contributed by atoms with Crippen LogP contribution >= 0.6 is 0 Å². The summed E-state index contributed by atoms with van der Waals surface area (Å²) in [4.78, 5) is 24.9. The molecule has 1 fully saturated rings. The summed E-state index contributed by atoms with van der Waals surface area (Å²) in [5, 5.41) is 0. The van der Waals surface area contributed by atoms with Crippen molar-refractivity contribution in [3.63, 3.8) is 0 Å². The van der Waals surface area contributed by atoms with Gasteiger partial charge < -0.3 is 9.47 Å². The largest absolute Gasteiger partial charge is 0.467 e. The number of likely N-dealkylation sites (tertiary alicyclic amines) is 1. The molecule has 2 atom stereocenters. The summed E-state index contributed by atoms with van der Waals surface area (Å²) in [7, 11) is 1.21. The Labute approximate surface area is 118 Å². The Morgan fingerprint density at radius 2 is 2.10 bits per heavy atom. The molecule has 5 nitrogen and oxygen atoms in total. The minimum Gasteiger partial charge on any atom is -0.467 e. The molecule has 1 unspecified atom stereocenters. The monoisotopic (exact) mass is 287 g/mol. The summed E-state index contributed by atoms with van der Waals surface area (Å²) >= 11 is 0. The molecule has 1 aliphatic rings. The van der Waals surface area contributed by atoms with Crippen LogP contribution in [0.5, 0.6) is 0 Å². The summed E-state index contributed by atoms with van der Waals surface area (Å²) < 4.78 is 24.4. The number of rotatable bonds is 3. The molecule has 0 aromatic heterocycles. The minimum absolute atomic E-state index is 0.0692. The number of allylic oxidation sites excluding steroid dienone is 1. The third-order valence-electron chi connectivity index (χ3n) is 3.00. The second-order valence-corrected chi connectivity index (χ2v) is 6.00. The van der Waals surface area contributed by atoms with Gasteiger partial charge in [0.05, 0.1) is 13.7 Å². The highest BCUT2D eigenvalue weighted by atomic mass is 19.1. The summed E-state index contributed by atoms with van der Waals surface area (Å²) in [5.74, 6) is -0.639. The predicted molar refractivity (Wildman–Crippen MR) is 72.0 cm³/mol. The summed E-state index contributed by atoms with van der Waals surface area (Å²) in [6, 6.07) is -0.959. The number of amides is 1. The molecule has 0 N–H and O–H groups in total. The van der Waals surface area contributed by atoms with Gasteiger partial charge in [-0.15, -0.1) is 6.58 Å². The Morgan fingerprint density at radius 3 is 2.55 bits per heavy atom. The quantitative estimate of drug-likeness (QED) is 0.591. The van der Waals surface area contributed by atoms with Gasteiger partial charge in [-0.25, -0.2) is 14.0 Å². The Kier molecular flexibility index (Phi) is 4.78. The maximum atomic E-state index is 14.6. The third kappa shape index (κ3) is 3.95. The van der Waals surface area contributed by atoms with Crippen LogP contribution in [0, 0.1) is 0 Å². The molecule has 0 aromatic rings. The van der Waals surface area contributed by atoms with Gasteiger partial charge in [-0.05, 0) is 20.8 Å². The van der Waals surface area contributed by atoms with Crippen LogP contribution in [0.3, 0.4) is 0 Å². The second kappa shape index (κ2) is 5.81. The number of esters is 1. The van der Waals surface area contributed by atoms with E-state index in [4.69, 9.17) is 4.74 Å². The van der Waals surface area contributed by atoms with Gasteiger partial charge in [0.1, 0.15) is 17.3 Å². The molecule has 0 bridgehead atoms. The average Bonchev–Trinajstić information content (AvgIpc) is 2.65. The van der Waals surface area contributed by atoms with Crippen molar-refractivity contribution in [1.82, 2.24) is 4.90 Å². The first-order valence-electron chi connectivity index (χ1n) is 6.49. The van der Waals surface area contributed by atoms with Gasteiger partial charge >= 0.3 is 12.1 Å². The number of carbonyl (C=O) groups excluding carboxylic acids is 2. The van der Waals surface area contributed by atoms with Gasteiger partial charge in [-0.1, -0.05) is 6.08 Å². The van der Waals surface area contributed by atoms with E-state index in [0.29, 0.717) is 0 Å². The van der Waals surface area contributed by atoms with Crippen LogP contribution in [-0.4, -0.2) is 47.9 Å². The van der Waals surface area contributed by atoms with Gasteiger partial charge in [0.15, 0.2) is 0 Å². The van der Waals surface area contributed by atoms with Crippen LogP contribution in [0.25, 0.3) is 0 Å². The first-order chi connectivity index (χ1) is 9.12. The zero-order valence-electron chi connectivity index (χ0n) is 12.4. The lowest BCUT2D eigenvalue weighted by molar-refractivity contribution is -0.145. The van der Waals surface area contributed by atoms with Crippen LogP contribution in [0.15, 0.2) is 12.7 Å². The molecule has 1 amide bonds. The Balaban J connectivity index is 2.92. The molecule has 0 saturated carbocycles. The van der Waals surface area contributed by atoms with E-state index in [9.17, 15) is 14.0 Å². The van der Waals surface area contributed by atoms with E-state index < -0.39 is 29.4 Å². The SMILES string of the molecule is C=CCC1(F)C[C@@H]([12C](=O)OC)N(C(=O)OC(C)(C)C)C1. The van der Waals surface area contributed by atoms with E-state index in [1.54, 1.807) is 20.8 Å². The van der Waals surface area contributed by atoms with E-state index in [-0.39, 0.29) is 19.4 Å². The Morgan fingerprint density at radius 1 is 1.50 bits per heavy atom. The van der Waals surface area contributed by atoms with Crippen molar-refractivity contribution in [1.29, 1.82) is 0 Å². The molecule has 1 aliphatic heterocycles. The summed E-state index contributed by atoms with van der Waals surface area (Å²) in [6.45, 7) is 8.42. The number of carbonyl (C=O) groups is 2. The lowest BCUT2D eigenvalue weighted by atomic mass is 9.98. The third-order valence-corrected chi connectivity index (χ3v) is 3.00. The zero-order chi connectivity index (χ0) is 15.6. The van der Waals surface area contributed by atoms with Gasteiger partial charge in [0, 0.05) is 12.8 Å². The summed E-state index contributed by atoms with van der Waals surface area (Å²) in [6.07, 6.45) is 0.689. The normalized spacial score (nSPS) is 26.2. The zero-order valence-corrected chi connectivity index (χ0v) is 12.4. The van der Waals surface area contributed by atoms with E-state index in [1.807, 2.05) is 0 Å². The van der Waals surface area contributed by atoms with Crippen molar-refractivity contribution in [2.45, 2.75) is 50.9 Å². The maximum absolute atomic E-state index is 14.6. The standard InChI is InChI=1S/C14H22FNO4/c1-6-7-14(15)8-10(11(17)19-5)16(9-14)12(18)20-13(2,3)4/h6,10H,1,7-9H2,2-5H3/t10-,14?/m0/s1/i11+0. The topological polar surface area (TPSA) is 55.8 Å². The van der Waals surface area contributed by atoms with Crippen molar-refractivity contribution < 1.29 is 23.5 Å². The fourth-order valence-corrected chi connectivity index (χ4v) is 2.20. The van der Waals surface area contributed by atoms with E-state index in [0.717, 1.165) is 4.90 Å².